The van der Waals surface area contributed by atoms with Crippen molar-refractivity contribution in [3.8, 4) is 0 Å². The van der Waals surface area contributed by atoms with Gasteiger partial charge in [-0.3, -0.25) is 4.79 Å². The highest BCUT2D eigenvalue weighted by molar-refractivity contribution is 6.09. The number of esters is 1. The number of ether oxygens (including phenoxy) is 2. The Kier molecular flexibility index (Phi) is 2.21. The Balaban J connectivity index is 2.71. The van der Waals surface area contributed by atoms with E-state index in [-0.39, 0.29) is 0 Å². The summed E-state index contributed by atoms with van der Waals surface area (Å²) in [5.74, 6) is -1.24. The Bertz CT molecular complexity index is 187. The minimum atomic E-state index is -1.15. The van der Waals surface area contributed by atoms with Crippen LogP contribution < -0.4 is 0 Å². The second-order valence-electron chi connectivity index (χ2n) is 2.13. The van der Waals surface area contributed by atoms with E-state index in [1.807, 2.05) is 0 Å². The van der Waals surface area contributed by atoms with Crippen molar-refractivity contribution in [3.05, 3.63) is 0 Å². The number of aliphatic hydroxyl groups excluding tert-OH is 1. The predicted octanol–water partition coefficient (Wildman–Crippen LogP) is -1.51. The van der Waals surface area contributed by atoms with Crippen LogP contribution in [0.15, 0.2) is 0 Å². The van der Waals surface area contributed by atoms with E-state index in [1.165, 1.54) is 7.11 Å². The summed E-state index contributed by atoms with van der Waals surface area (Å²) < 4.78 is 9.00. The molecule has 2 atom stereocenters. The zero-order chi connectivity index (χ0) is 8.43. The molecule has 62 valence electrons. The zero-order valence-corrected chi connectivity index (χ0v) is 5.94. The van der Waals surface area contributed by atoms with Gasteiger partial charge in [-0.05, 0) is 0 Å². The van der Waals surface area contributed by atoms with Gasteiger partial charge in [-0.25, -0.2) is 4.79 Å². The number of hydrogen-bond acceptors (Lipinski definition) is 5. The first-order valence-electron chi connectivity index (χ1n) is 3.08. The van der Waals surface area contributed by atoms with Crippen LogP contribution in [0.1, 0.15) is 0 Å². The third kappa shape index (κ3) is 1.24. The maximum atomic E-state index is 10.9. The van der Waals surface area contributed by atoms with E-state index in [0.29, 0.717) is 0 Å². The summed E-state index contributed by atoms with van der Waals surface area (Å²) in [6.07, 6.45) is -2.18. The van der Waals surface area contributed by atoms with Crippen molar-refractivity contribution >= 4 is 11.8 Å². The first-order valence-corrected chi connectivity index (χ1v) is 3.08. The summed E-state index contributed by atoms with van der Waals surface area (Å²) in [7, 11) is 1.24. The molecule has 1 aliphatic rings. The molecule has 0 amide bonds. The molecule has 5 heteroatoms. The maximum absolute atomic E-state index is 10.9. The molecule has 0 aromatic carbocycles. The second kappa shape index (κ2) is 2.98. The third-order valence-corrected chi connectivity index (χ3v) is 1.45. The smallest absolute Gasteiger partial charge is 0.344 e. The second-order valence-corrected chi connectivity index (χ2v) is 2.13. The van der Waals surface area contributed by atoms with Crippen molar-refractivity contribution in [2.75, 3.05) is 13.7 Å². The fourth-order valence-corrected chi connectivity index (χ4v) is 0.885. The molecule has 1 heterocycles. The minimum Gasteiger partial charge on any atom is -0.449 e. The first kappa shape index (κ1) is 8.16. The minimum absolute atomic E-state index is 0.482. The summed E-state index contributed by atoms with van der Waals surface area (Å²) >= 11 is 0. The Morgan fingerprint density at radius 3 is 2.55 bits per heavy atom. The van der Waals surface area contributed by atoms with Crippen LogP contribution in [0.5, 0.6) is 0 Å². The van der Waals surface area contributed by atoms with Crippen LogP contribution in [-0.4, -0.2) is 42.8 Å². The van der Waals surface area contributed by atoms with Gasteiger partial charge in [0.05, 0.1) is 6.61 Å². The van der Waals surface area contributed by atoms with Crippen LogP contribution in [0.2, 0.25) is 0 Å². The van der Waals surface area contributed by atoms with Crippen molar-refractivity contribution in [3.63, 3.8) is 0 Å². The normalized spacial score (nSPS) is 30.7. The highest BCUT2D eigenvalue weighted by Crippen LogP contribution is 2.12. The van der Waals surface area contributed by atoms with E-state index in [1.54, 1.807) is 0 Å². The van der Waals surface area contributed by atoms with E-state index >= 15 is 0 Å². The Hall–Kier alpha value is -0.940. The van der Waals surface area contributed by atoms with Gasteiger partial charge in [-0.1, -0.05) is 0 Å². The molecule has 1 fully saturated rings. The highest BCUT2D eigenvalue weighted by Gasteiger charge is 2.43. The monoisotopic (exact) mass is 160 g/mol. The zero-order valence-electron chi connectivity index (χ0n) is 5.94. The molecule has 0 aromatic heterocycles. The quantitative estimate of drug-likeness (QED) is 0.392. The van der Waals surface area contributed by atoms with Gasteiger partial charge in [0.2, 0.25) is 11.9 Å². The molecule has 11 heavy (non-hydrogen) atoms. The van der Waals surface area contributed by atoms with Gasteiger partial charge in [0.25, 0.3) is 0 Å². The number of carbonyl (C=O) groups excluding carboxylic acids is 2. The van der Waals surface area contributed by atoms with Crippen molar-refractivity contribution < 1.29 is 24.2 Å². The number of aliphatic hydroxyl groups is 1. The van der Waals surface area contributed by atoms with Gasteiger partial charge in [0.15, 0.2) is 6.10 Å². The number of cyclic esters (lactones) is 1. The third-order valence-electron chi connectivity index (χ3n) is 1.45. The molecule has 2 unspecified atom stereocenters. The lowest BCUT2D eigenvalue weighted by Gasteiger charge is -2.00. The Morgan fingerprint density at radius 2 is 2.27 bits per heavy atom. The van der Waals surface area contributed by atoms with E-state index in [2.05, 4.69) is 9.47 Å². The number of methoxy groups -OCH3 is 1. The van der Waals surface area contributed by atoms with Crippen LogP contribution in [0.3, 0.4) is 0 Å². The van der Waals surface area contributed by atoms with Crippen molar-refractivity contribution in [2.24, 2.45) is 0 Å². The maximum Gasteiger partial charge on any atom is 0.344 e. The summed E-state index contributed by atoms with van der Waals surface area (Å²) in [6, 6.07) is 0. The molecule has 5 nitrogen and oxygen atoms in total. The molecule has 0 aliphatic carbocycles. The molecule has 0 aromatic rings. The Morgan fingerprint density at radius 1 is 1.64 bits per heavy atom. The number of Topliss-reactive ketones (excluding diaryl/α,β-unsaturated/α-hetero) is 1. The van der Waals surface area contributed by atoms with Crippen LogP contribution in [0.4, 0.5) is 0 Å². The van der Waals surface area contributed by atoms with Crippen LogP contribution in [0, 0.1) is 0 Å². The molecule has 1 saturated heterocycles. The first-order chi connectivity index (χ1) is 5.20. The van der Waals surface area contributed by atoms with E-state index in [0.717, 1.165) is 0 Å². The molecule has 0 radical (unpaired) electrons. The predicted molar refractivity (Wildman–Crippen MR) is 32.8 cm³/mol. The van der Waals surface area contributed by atoms with Gasteiger partial charge >= 0.3 is 5.97 Å². The van der Waals surface area contributed by atoms with Crippen molar-refractivity contribution in [1.82, 2.24) is 0 Å². The number of carbonyl (C=O) groups is 2. The standard InChI is InChI=1S/C6H8O5/c1-10-5-4(8)3(2-7)11-6(5)9/h3,5,7H,2H2,1H3. The number of rotatable bonds is 2. The SMILES string of the molecule is COC1C(=O)OC(CO)C1=O. The molecular formula is C6H8O5. The number of hydrogen-bond donors (Lipinski definition) is 1. The number of ketones is 1. The van der Waals surface area contributed by atoms with Crippen molar-refractivity contribution in [2.45, 2.75) is 12.2 Å². The summed E-state index contributed by atoms with van der Waals surface area (Å²) in [4.78, 5) is 21.7. The van der Waals surface area contributed by atoms with Gasteiger partial charge in [-0.15, -0.1) is 0 Å². The van der Waals surface area contributed by atoms with Crippen LogP contribution in [-0.2, 0) is 19.1 Å². The average molecular weight is 160 g/mol. The Labute approximate surface area is 62.9 Å². The molecule has 1 rings (SSSR count). The lowest BCUT2D eigenvalue weighted by molar-refractivity contribution is -0.149. The molecule has 1 N–H and O–H groups in total. The lowest BCUT2D eigenvalue weighted by Crippen LogP contribution is -2.28. The topological polar surface area (TPSA) is 72.8 Å². The molecule has 1 aliphatic heterocycles. The van der Waals surface area contributed by atoms with Crippen LogP contribution in [0.25, 0.3) is 0 Å². The molecule has 0 bridgehead atoms. The van der Waals surface area contributed by atoms with Gasteiger partial charge in [0.1, 0.15) is 0 Å². The van der Waals surface area contributed by atoms with E-state index < -0.39 is 30.6 Å². The lowest BCUT2D eigenvalue weighted by atomic mass is 10.2. The fourth-order valence-electron chi connectivity index (χ4n) is 0.885. The summed E-state index contributed by atoms with van der Waals surface area (Å²) in [5.41, 5.74) is 0. The molecule has 0 saturated carbocycles. The molecular weight excluding hydrogens is 152 g/mol. The van der Waals surface area contributed by atoms with Gasteiger partial charge in [-0.2, -0.15) is 0 Å². The van der Waals surface area contributed by atoms with Gasteiger partial charge < -0.3 is 14.6 Å². The van der Waals surface area contributed by atoms with E-state index in [4.69, 9.17) is 5.11 Å². The average Bonchev–Trinajstić information content (AvgIpc) is 2.26. The summed E-state index contributed by atoms with van der Waals surface area (Å²) in [5, 5.41) is 8.51. The van der Waals surface area contributed by atoms with Crippen molar-refractivity contribution in [1.29, 1.82) is 0 Å². The van der Waals surface area contributed by atoms with Crippen LogP contribution >= 0.6 is 0 Å². The largest absolute Gasteiger partial charge is 0.449 e. The van der Waals surface area contributed by atoms with E-state index in [9.17, 15) is 9.59 Å². The summed E-state index contributed by atoms with van der Waals surface area (Å²) in [6.45, 7) is -0.482. The fraction of sp³-hybridized carbons (Fsp3) is 0.667. The highest BCUT2D eigenvalue weighted by atomic mass is 16.6. The molecule has 0 spiro atoms. The van der Waals surface area contributed by atoms with Gasteiger partial charge in [0, 0.05) is 7.11 Å².